The van der Waals surface area contributed by atoms with Gasteiger partial charge in [-0.2, -0.15) is 0 Å². The Bertz CT molecular complexity index is 834. The molecular weight excluding hydrogens is 300 g/mol. The Morgan fingerprint density at radius 3 is 2.17 bits per heavy atom. The van der Waals surface area contributed by atoms with E-state index in [1.807, 2.05) is 55.5 Å². The van der Waals surface area contributed by atoms with Gasteiger partial charge in [-0.25, -0.2) is 4.79 Å². The van der Waals surface area contributed by atoms with E-state index in [1.54, 1.807) is 24.3 Å². The maximum Gasteiger partial charge on any atom is 0.338 e. The van der Waals surface area contributed by atoms with Gasteiger partial charge in [0.25, 0.3) is 0 Å². The lowest BCUT2D eigenvalue weighted by Gasteiger charge is -2.07. The Morgan fingerprint density at radius 1 is 0.917 bits per heavy atom. The highest BCUT2D eigenvalue weighted by Crippen LogP contribution is 2.22. The number of hydrogen-bond donors (Lipinski definition) is 1. The topological polar surface area (TPSA) is 46.5 Å². The zero-order valence-electron chi connectivity index (χ0n) is 13.4. The summed E-state index contributed by atoms with van der Waals surface area (Å²) in [5.41, 5.74) is 4.59. The molecule has 0 radical (unpaired) electrons. The van der Waals surface area contributed by atoms with Crippen LogP contribution in [0.1, 0.15) is 21.5 Å². The lowest BCUT2D eigenvalue weighted by molar-refractivity contribution is 0.0472. The van der Waals surface area contributed by atoms with Gasteiger partial charge >= 0.3 is 5.97 Å². The van der Waals surface area contributed by atoms with Crippen LogP contribution in [0.15, 0.2) is 72.8 Å². The molecule has 0 aliphatic carbocycles. The number of hydrogen-bond acceptors (Lipinski definition) is 3. The lowest BCUT2D eigenvalue weighted by atomic mass is 10.0. The number of ether oxygens (including phenoxy) is 1. The second-order valence-corrected chi connectivity index (χ2v) is 5.69. The Hall–Kier alpha value is -3.07. The molecule has 3 nitrogen and oxygen atoms in total. The van der Waals surface area contributed by atoms with Crippen LogP contribution in [-0.2, 0) is 11.3 Å². The molecule has 1 N–H and O–H groups in total. The Kier molecular flexibility index (Phi) is 4.62. The third-order valence-corrected chi connectivity index (χ3v) is 3.77. The number of rotatable bonds is 4. The van der Waals surface area contributed by atoms with Crippen molar-refractivity contribution >= 4 is 5.97 Å². The van der Waals surface area contributed by atoms with E-state index < -0.39 is 0 Å². The van der Waals surface area contributed by atoms with E-state index >= 15 is 0 Å². The minimum Gasteiger partial charge on any atom is -0.508 e. The standard InChI is InChI=1S/C21H18O3/c1-15-3-2-4-16(13-15)14-24-21(23)19-7-5-17(6-8-19)18-9-11-20(22)12-10-18/h2-13,22H,14H2,1H3. The van der Waals surface area contributed by atoms with Crippen LogP contribution in [0.3, 0.4) is 0 Å². The number of benzene rings is 3. The maximum atomic E-state index is 12.1. The van der Waals surface area contributed by atoms with Crippen LogP contribution >= 0.6 is 0 Å². The van der Waals surface area contributed by atoms with Gasteiger partial charge in [0.1, 0.15) is 12.4 Å². The van der Waals surface area contributed by atoms with Crippen molar-refractivity contribution in [3.8, 4) is 16.9 Å². The predicted molar refractivity (Wildman–Crippen MR) is 93.8 cm³/mol. The molecule has 3 aromatic rings. The van der Waals surface area contributed by atoms with E-state index in [0.29, 0.717) is 5.56 Å². The summed E-state index contributed by atoms with van der Waals surface area (Å²) in [4.78, 5) is 12.1. The van der Waals surface area contributed by atoms with Crippen LogP contribution in [-0.4, -0.2) is 11.1 Å². The van der Waals surface area contributed by atoms with Gasteiger partial charge in [-0.05, 0) is 47.9 Å². The molecule has 0 amide bonds. The van der Waals surface area contributed by atoms with Gasteiger partial charge in [0.15, 0.2) is 0 Å². The van der Waals surface area contributed by atoms with Gasteiger partial charge in [-0.3, -0.25) is 0 Å². The summed E-state index contributed by atoms with van der Waals surface area (Å²) >= 11 is 0. The SMILES string of the molecule is Cc1cccc(COC(=O)c2ccc(-c3ccc(O)cc3)cc2)c1. The van der Waals surface area contributed by atoms with E-state index in [4.69, 9.17) is 4.74 Å². The van der Waals surface area contributed by atoms with Gasteiger partial charge in [-0.1, -0.05) is 54.1 Å². The average molecular weight is 318 g/mol. The second-order valence-electron chi connectivity index (χ2n) is 5.69. The first-order valence-electron chi connectivity index (χ1n) is 7.74. The number of phenols is 1. The van der Waals surface area contributed by atoms with Gasteiger partial charge in [0, 0.05) is 0 Å². The van der Waals surface area contributed by atoms with Crippen molar-refractivity contribution in [3.63, 3.8) is 0 Å². The molecule has 0 bridgehead atoms. The van der Waals surface area contributed by atoms with Gasteiger partial charge in [0.2, 0.25) is 0 Å². The van der Waals surface area contributed by atoms with E-state index in [9.17, 15) is 9.90 Å². The highest BCUT2D eigenvalue weighted by atomic mass is 16.5. The summed E-state index contributed by atoms with van der Waals surface area (Å²) in [6.45, 7) is 2.27. The molecule has 0 saturated heterocycles. The molecule has 0 aliphatic rings. The molecule has 120 valence electrons. The molecular formula is C21H18O3. The zero-order chi connectivity index (χ0) is 16.9. The summed E-state index contributed by atoms with van der Waals surface area (Å²) in [6, 6.07) is 22.1. The van der Waals surface area contributed by atoms with Crippen molar-refractivity contribution in [3.05, 3.63) is 89.5 Å². The molecule has 24 heavy (non-hydrogen) atoms. The minimum atomic E-state index is -0.339. The molecule has 0 heterocycles. The van der Waals surface area contributed by atoms with Crippen molar-refractivity contribution in [1.29, 1.82) is 0 Å². The summed E-state index contributed by atoms with van der Waals surface area (Å²) in [5, 5.41) is 9.33. The summed E-state index contributed by atoms with van der Waals surface area (Å²) in [5.74, 6) is -0.108. The van der Waals surface area contributed by atoms with Gasteiger partial charge < -0.3 is 9.84 Å². The maximum absolute atomic E-state index is 12.1. The van der Waals surface area contributed by atoms with Crippen molar-refractivity contribution in [2.75, 3.05) is 0 Å². The molecule has 3 heteroatoms. The van der Waals surface area contributed by atoms with E-state index in [0.717, 1.165) is 22.3 Å². The second kappa shape index (κ2) is 7.01. The first-order chi connectivity index (χ1) is 11.6. The highest BCUT2D eigenvalue weighted by Gasteiger charge is 2.08. The molecule has 0 spiro atoms. The molecule has 0 aromatic heterocycles. The normalized spacial score (nSPS) is 10.4. The molecule has 0 fully saturated rings. The Balaban J connectivity index is 1.66. The van der Waals surface area contributed by atoms with Gasteiger partial charge in [-0.15, -0.1) is 0 Å². The lowest BCUT2D eigenvalue weighted by Crippen LogP contribution is -2.05. The first kappa shape index (κ1) is 15.8. The van der Waals surface area contributed by atoms with Crippen LogP contribution in [0.4, 0.5) is 0 Å². The van der Waals surface area contributed by atoms with Crippen LogP contribution in [0.2, 0.25) is 0 Å². The van der Waals surface area contributed by atoms with Crippen LogP contribution in [0, 0.1) is 6.92 Å². The fraction of sp³-hybridized carbons (Fsp3) is 0.0952. The first-order valence-corrected chi connectivity index (χ1v) is 7.74. The summed E-state index contributed by atoms with van der Waals surface area (Å²) in [6.07, 6.45) is 0. The Labute approximate surface area is 141 Å². The summed E-state index contributed by atoms with van der Waals surface area (Å²) < 4.78 is 5.36. The van der Waals surface area contributed by atoms with Crippen LogP contribution < -0.4 is 0 Å². The molecule has 0 saturated carbocycles. The number of aromatic hydroxyl groups is 1. The number of esters is 1. The quantitative estimate of drug-likeness (QED) is 0.708. The third-order valence-electron chi connectivity index (χ3n) is 3.77. The van der Waals surface area contributed by atoms with E-state index in [2.05, 4.69) is 0 Å². The fourth-order valence-electron chi connectivity index (χ4n) is 2.49. The third kappa shape index (κ3) is 3.82. The number of phenolic OH excluding ortho intramolecular Hbond substituents is 1. The predicted octanol–water partition coefficient (Wildman–Crippen LogP) is 4.72. The van der Waals surface area contributed by atoms with Crippen LogP contribution in [0.25, 0.3) is 11.1 Å². The number of aryl methyl sites for hydroxylation is 1. The fourth-order valence-corrected chi connectivity index (χ4v) is 2.49. The molecule has 0 aliphatic heterocycles. The van der Waals surface area contributed by atoms with Crippen LogP contribution in [0.5, 0.6) is 5.75 Å². The molecule has 0 unspecified atom stereocenters. The average Bonchev–Trinajstić information content (AvgIpc) is 2.61. The monoisotopic (exact) mass is 318 g/mol. The van der Waals surface area contributed by atoms with Crippen molar-refractivity contribution in [2.24, 2.45) is 0 Å². The molecule has 0 atom stereocenters. The number of carbonyl (C=O) groups excluding carboxylic acids is 1. The molecule has 3 rings (SSSR count). The molecule has 3 aromatic carbocycles. The zero-order valence-corrected chi connectivity index (χ0v) is 13.4. The smallest absolute Gasteiger partial charge is 0.338 e. The summed E-state index contributed by atoms with van der Waals surface area (Å²) in [7, 11) is 0. The largest absolute Gasteiger partial charge is 0.508 e. The van der Waals surface area contributed by atoms with Crippen molar-refractivity contribution in [2.45, 2.75) is 13.5 Å². The van der Waals surface area contributed by atoms with Gasteiger partial charge in [0.05, 0.1) is 5.56 Å². The number of carbonyl (C=O) groups is 1. The van der Waals surface area contributed by atoms with E-state index in [1.165, 1.54) is 0 Å². The Morgan fingerprint density at radius 2 is 1.54 bits per heavy atom. The van der Waals surface area contributed by atoms with Crippen molar-refractivity contribution < 1.29 is 14.6 Å². The minimum absolute atomic E-state index is 0.232. The van der Waals surface area contributed by atoms with Crippen molar-refractivity contribution in [1.82, 2.24) is 0 Å². The highest BCUT2D eigenvalue weighted by molar-refractivity contribution is 5.90. The van der Waals surface area contributed by atoms with E-state index in [-0.39, 0.29) is 18.3 Å².